The van der Waals surface area contributed by atoms with E-state index in [2.05, 4.69) is 29.4 Å². The van der Waals surface area contributed by atoms with Crippen molar-refractivity contribution in [3.05, 3.63) is 65.2 Å². The predicted molar refractivity (Wildman–Crippen MR) is 107 cm³/mol. The molecule has 0 aromatic heterocycles. The Labute approximate surface area is 160 Å². The second-order valence-corrected chi connectivity index (χ2v) is 7.34. The number of nitrogens with zero attached hydrogens (tertiary/aromatic N) is 1. The van der Waals surface area contributed by atoms with Gasteiger partial charge in [0.1, 0.15) is 12.4 Å². The number of methoxy groups -OCH3 is 1. The van der Waals surface area contributed by atoms with E-state index in [4.69, 9.17) is 15.3 Å². The smallest absolute Gasteiger partial charge is 0.145 e. The number of oxime groups is 1. The standard InChI is InChI=1S/C22H28N2O3/c1-16(24-27-14-20-5-3-4-6-21(20)26-2)17-7-9-18(10-8-17)19-11-12-22(23,13-19)15-25/h3-10,19,25H,11-15,23H2,1-2H3/b24-16+/t19-,22+/m0/s1. The van der Waals surface area contributed by atoms with Crippen molar-refractivity contribution >= 4 is 5.71 Å². The first kappa shape index (κ1) is 19.4. The van der Waals surface area contributed by atoms with Gasteiger partial charge < -0.3 is 20.4 Å². The lowest BCUT2D eigenvalue weighted by atomic mass is 9.93. The van der Waals surface area contributed by atoms with Crippen LogP contribution in [0.2, 0.25) is 0 Å². The van der Waals surface area contributed by atoms with Gasteiger partial charge in [-0.25, -0.2) is 0 Å². The minimum atomic E-state index is -0.424. The van der Waals surface area contributed by atoms with E-state index < -0.39 is 5.54 Å². The number of aliphatic hydroxyl groups excluding tert-OH is 1. The third-order valence-corrected chi connectivity index (χ3v) is 5.37. The molecule has 0 amide bonds. The molecule has 2 aromatic carbocycles. The van der Waals surface area contributed by atoms with Crippen LogP contribution in [0.25, 0.3) is 0 Å². The van der Waals surface area contributed by atoms with Crippen molar-refractivity contribution < 1.29 is 14.7 Å². The lowest BCUT2D eigenvalue weighted by Gasteiger charge is -2.20. The summed E-state index contributed by atoms with van der Waals surface area (Å²) in [6, 6.07) is 16.1. The number of para-hydroxylation sites is 1. The molecule has 2 atom stereocenters. The first-order valence-corrected chi connectivity index (χ1v) is 9.33. The zero-order chi connectivity index (χ0) is 19.3. The molecule has 0 aliphatic heterocycles. The minimum absolute atomic E-state index is 0.0525. The van der Waals surface area contributed by atoms with Crippen molar-refractivity contribution in [2.75, 3.05) is 13.7 Å². The third-order valence-electron chi connectivity index (χ3n) is 5.37. The first-order chi connectivity index (χ1) is 13.0. The summed E-state index contributed by atoms with van der Waals surface area (Å²) in [5.74, 6) is 1.21. The fraction of sp³-hybridized carbons (Fsp3) is 0.409. The van der Waals surface area contributed by atoms with Gasteiger partial charge in [-0.05, 0) is 49.3 Å². The summed E-state index contributed by atoms with van der Waals surface area (Å²) >= 11 is 0. The minimum Gasteiger partial charge on any atom is -0.496 e. The fourth-order valence-electron chi connectivity index (χ4n) is 3.65. The summed E-state index contributed by atoms with van der Waals surface area (Å²) in [5.41, 5.74) is 9.85. The Morgan fingerprint density at radius 3 is 2.63 bits per heavy atom. The molecule has 0 radical (unpaired) electrons. The van der Waals surface area contributed by atoms with Gasteiger partial charge in [0, 0.05) is 11.1 Å². The molecule has 3 rings (SSSR count). The Bertz CT molecular complexity index is 788. The first-order valence-electron chi connectivity index (χ1n) is 9.33. The van der Waals surface area contributed by atoms with Gasteiger partial charge >= 0.3 is 0 Å². The molecule has 2 aromatic rings. The van der Waals surface area contributed by atoms with Crippen LogP contribution in [0.15, 0.2) is 53.7 Å². The van der Waals surface area contributed by atoms with Gasteiger partial charge in [-0.1, -0.05) is 47.6 Å². The Morgan fingerprint density at radius 1 is 1.22 bits per heavy atom. The second-order valence-electron chi connectivity index (χ2n) is 7.34. The summed E-state index contributed by atoms with van der Waals surface area (Å²) in [6.07, 6.45) is 2.72. The number of ether oxygens (including phenoxy) is 1. The lowest BCUT2D eigenvalue weighted by Crippen LogP contribution is -2.40. The van der Waals surface area contributed by atoms with E-state index in [0.29, 0.717) is 12.5 Å². The molecule has 1 fully saturated rings. The zero-order valence-electron chi connectivity index (χ0n) is 16.0. The van der Waals surface area contributed by atoms with Crippen LogP contribution in [0.3, 0.4) is 0 Å². The normalized spacial score (nSPS) is 22.7. The van der Waals surface area contributed by atoms with Crippen molar-refractivity contribution in [2.45, 2.75) is 44.2 Å². The molecule has 0 saturated heterocycles. The summed E-state index contributed by atoms with van der Waals surface area (Å²) < 4.78 is 5.32. The molecule has 1 saturated carbocycles. The number of hydrogen-bond acceptors (Lipinski definition) is 5. The molecule has 0 bridgehead atoms. The quantitative estimate of drug-likeness (QED) is 0.578. The van der Waals surface area contributed by atoms with Crippen molar-refractivity contribution in [1.29, 1.82) is 0 Å². The maximum Gasteiger partial charge on any atom is 0.145 e. The highest BCUT2D eigenvalue weighted by Gasteiger charge is 2.35. The molecule has 0 spiro atoms. The van der Waals surface area contributed by atoms with Gasteiger partial charge in [0.25, 0.3) is 0 Å². The highest BCUT2D eigenvalue weighted by atomic mass is 16.6. The van der Waals surface area contributed by atoms with Crippen LogP contribution in [0.5, 0.6) is 5.75 Å². The van der Waals surface area contributed by atoms with E-state index in [1.807, 2.05) is 31.2 Å². The molecule has 1 aliphatic carbocycles. The van der Waals surface area contributed by atoms with Crippen LogP contribution in [-0.4, -0.2) is 30.1 Å². The summed E-state index contributed by atoms with van der Waals surface area (Å²) in [6.45, 7) is 2.35. The van der Waals surface area contributed by atoms with Gasteiger partial charge in [0.15, 0.2) is 0 Å². The van der Waals surface area contributed by atoms with Crippen LogP contribution in [0.1, 0.15) is 48.8 Å². The van der Waals surface area contributed by atoms with Crippen molar-refractivity contribution in [3.8, 4) is 5.75 Å². The Hall–Kier alpha value is -2.37. The summed E-state index contributed by atoms with van der Waals surface area (Å²) in [4.78, 5) is 5.51. The predicted octanol–water partition coefficient (Wildman–Crippen LogP) is 3.59. The van der Waals surface area contributed by atoms with Gasteiger partial charge in [-0.2, -0.15) is 0 Å². The average Bonchev–Trinajstić information content (AvgIpc) is 3.11. The number of benzene rings is 2. The molecule has 0 unspecified atom stereocenters. The number of aliphatic hydroxyl groups is 1. The monoisotopic (exact) mass is 368 g/mol. The van der Waals surface area contributed by atoms with E-state index >= 15 is 0 Å². The topological polar surface area (TPSA) is 77.1 Å². The van der Waals surface area contributed by atoms with E-state index in [1.165, 1.54) is 5.56 Å². The Morgan fingerprint density at radius 2 is 1.96 bits per heavy atom. The van der Waals surface area contributed by atoms with Gasteiger partial charge in [-0.3, -0.25) is 0 Å². The van der Waals surface area contributed by atoms with E-state index in [1.54, 1.807) is 7.11 Å². The lowest BCUT2D eigenvalue weighted by molar-refractivity contribution is 0.128. The molecule has 5 nitrogen and oxygen atoms in total. The Balaban J connectivity index is 1.60. The highest BCUT2D eigenvalue weighted by Crippen LogP contribution is 2.39. The third kappa shape index (κ3) is 4.67. The fourth-order valence-corrected chi connectivity index (χ4v) is 3.65. The maximum atomic E-state index is 9.44. The van der Waals surface area contributed by atoms with Crippen LogP contribution in [0.4, 0.5) is 0 Å². The maximum absolute atomic E-state index is 9.44. The molecule has 5 heteroatoms. The van der Waals surface area contributed by atoms with Gasteiger partial charge in [0.05, 0.1) is 19.4 Å². The van der Waals surface area contributed by atoms with Crippen molar-refractivity contribution in [3.63, 3.8) is 0 Å². The average molecular weight is 368 g/mol. The van der Waals surface area contributed by atoms with Crippen LogP contribution in [0, 0.1) is 0 Å². The highest BCUT2D eigenvalue weighted by molar-refractivity contribution is 5.98. The molecule has 0 heterocycles. The molecule has 27 heavy (non-hydrogen) atoms. The van der Waals surface area contributed by atoms with Crippen LogP contribution < -0.4 is 10.5 Å². The summed E-state index contributed by atoms with van der Waals surface area (Å²) in [5, 5.41) is 13.7. The van der Waals surface area contributed by atoms with E-state index in [-0.39, 0.29) is 6.61 Å². The molecule has 144 valence electrons. The molecular weight excluding hydrogens is 340 g/mol. The molecular formula is C22H28N2O3. The van der Waals surface area contributed by atoms with Crippen LogP contribution in [-0.2, 0) is 11.4 Å². The van der Waals surface area contributed by atoms with Gasteiger partial charge in [-0.15, -0.1) is 0 Å². The zero-order valence-corrected chi connectivity index (χ0v) is 16.0. The number of hydrogen-bond donors (Lipinski definition) is 2. The summed E-state index contributed by atoms with van der Waals surface area (Å²) in [7, 11) is 1.65. The van der Waals surface area contributed by atoms with E-state index in [9.17, 15) is 5.11 Å². The van der Waals surface area contributed by atoms with E-state index in [0.717, 1.165) is 41.9 Å². The molecule has 3 N–H and O–H groups in total. The van der Waals surface area contributed by atoms with Gasteiger partial charge in [0.2, 0.25) is 0 Å². The van der Waals surface area contributed by atoms with Crippen molar-refractivity contribution in [2.24, 2.45) is 10.9 Å². The number of rotatable bonds is 7. The Kier molecular flexibility index (Phi) is 6.14. The largest absolute Gasteiger partial charge is 0.496 e. The number of nitrogens with two attached hydrogens (primary N) is 1. The van der Waals surface area contributed by atoms with Crippen LogP contribution >= 0.6 is 0 Å². The second kappa shape index (κ2) is 8.55. The SMILES string of the molecule is COc1ccccc1CO/N=C(\C)c1ccc([C@H]2CC[C@](N)(CO)C2)cc1. The molecule has 1 aliphatic rings. The van der Waals surface area contributed by atoms with Crippen molar-refractivity contribution in [1.82, 2.24) is 0 Å².